The van der Waals surface area contributed by atoms with Gasteiger partial charge in [-0.15, -0.1) is 5.54 Å². The van der Waals surface area contributed by atoms with Crippen molar-refractivity contribution in [3.05, 3.63) is 28.8 Å². The van der Waals surface area contributed by atoms with Crippen LogP contribution in [0.4, 0.5) is 5.69 Å². The molecule has 1 aromatic rings. The zero-order chi connectivity index (χ0) is 14.9. The Morgan fingerprint density at radius 1 is 1.20 bits per heavy atom. The van der Waals surface area contributed by atoms with Crippen molar-refractivity contribution in [1.29, 1.82) is 0 Å². The molecule has 1 heterocycles. The Morgan fingerprint density at radius 3 is 2.55 bits per heavy atom. The number of aryl methyl sites for hydroxylation is 1. The number of rotatable bonds is 0. The van der Waals surface area contributed by atoms with Gasteiger partial charge in [-0.05, 0) is 24.6 Å². The Morgan fingerprint density at radius 2 is 1.90 bits per heavy atom. The van der Waals surface area contributed by atoms with Crippen molar-refractivity contribution in [2.45, 2.75) is 26.6 Å². The molecular formula is C15H18N2O2Si. The second-order valence-electron chi connectivity index (χ2n) is 5.97. The summed E-state index contributed by atoms with van der Waals surface area (Å²) in [5.41, 5.74) is 5.95. The molecule has 0 radical (unpaired) electrons. The van der Waals surface area contributed by atoms with E-state index in [0.29, 0.717) is 16.8 Å². The van der Waals surface area contributed by atoms with Gasteiger partial charge in [0.15, 0.2) is 0 Å². The van der Waals surface area contributed by atoms with Crippen molar-refractivity contribution in [3.63, 3.8) is 0 Å². The van der Waals surface area contributed by atoms with Crippen LogP contribution in [0.5, 0.6) is 0 Å². The van der Waals surface area contributed by atoms with Crippen LogP contribution in [0.1, 0.15) is 21.5 Å². The molecule has 20 heavy (non-hydrogen) atoms. The van der Waals surface area contributed by atoms with E-state index in [9.17, 15) is 9.59 Å². The molecule has 0 bridgehead atoms. The van der Waals surface area contributed by atoms with E-state index in [2.05, 4.69) is 41.7 Å². The Labute approximate surface area is 120 Å². The highest BCUT2D eigenvalue weighted by molar-refractivity contribution is 6.83. The summed E-state index contributed by atoms with van der Waals surface area (Å²) in [5, 5.41) is 5.36. The molecular weight excluding hydrogens is 268 g/mol. The van der Waals surface area contributed by atoms with E-state index >= 15 is 0 Å². The Balaban J connectivity index is 2.60. The second kappa shape index (κ2) is 5.14. The molecule has 0 aromatic heterocycles. The summed E-state index contributed by atoms with van der Waals surface area (Å²) in [5.74, 6) is 2.68. The first-order chi connectivity index (χ1) is 9.26. The molecule has 0 saturated heterocycles. The van der Waals surface area contributed by atoms with Crippen molar-refractivity contribution >= 4 is 25.6 Å². The van der Waals surface area contributed by atoms with Crippen LogP contribution < -0.4 is 10.6 Å². The summed E-state index contributed by atoms with van der Waals surface area (Å²) >= 11 is 0. The van der Waals surface area contributed by atoms with E-state index in [1.165, 1.54) is 0 Å². The number of nitrogens with one attached hydrogen (secondary N) is 2. The number of hydrogen-bond acceptors (Lipinski definition) is 2. The molecule has 1 aliphatic heterocycles. The van der Waals surface area contributed by atoms with Crippen LogP contribution >= 0.6 is 0 Å². The predicted molar refractivity (Wildman–Crippen MR) is 82.4 cm³/mol. The lowest BCUT2D eigenvalue weighted by Crippen LogP contribution is -2.28. The van der Waals surface area contributed by atoms with E-state index in [1.807, 2.05) is 13.0 Å². The van der Waals surface area contributed by atoms with Crippen LogP contribution in [-0.2, 0) is 4.79 Å². The molecule has 2 rings (SSSR count). The number of carbonyl (C=O) groups is 2. The standard InChI is InChI=1S/C15H18N2O2Si/c1-10-7-11(5-6-20(2,3)4)14-12(8-10)15(19)16-9-13(18)17-14/h7-8H,9H2,1-4H3,(H,16,19)(H,17,18). The van der Waals surface area contributed by atoms with Crippen LogP contribution in [0.2, 0.25) is 19.6 Å². The van der Waals surface area contributed by atoms with Gasteiger partial charge >= 0.3 is 0 Å². The van der Waals surface area contributed by atoms with Gasteiger partial charge in [-0.25, -0.2) is 0 Å². The number of benzene rings is 1. The zero-order valence-electron chi connectivity index (χ0n) is 12.2. The lowest BCUT2D eigenvalue weighted by Gasteiger charge is -2.10. The molecule has 0 atom stereocenters. The molecule has 104 valence electrons. The van der Waals surface area contributed by atoms with Crippen molar-refractivity contribution in [2.75, 3.05) is 11.9 Å². The van der Waals surface area contributed by atoms with Gasteiger partial charge in [0.05, 0.1) is 17.8 Å². The summed E-state index contributed by atoms with van der Waals surface area (Å²) < 4.78 is 0. The topological polar surface area (TPSA) is 58.2 Å². The first-order valence-corrected chi connectivity index (χ1v) is 10.0. The second-order valence-corrected chi connectivity index (χ2v) is 10.7. The molecule has 4 nitrogen and oxygen atoms in total. The molecule has 1 aromatic carbocycles. The minimum atomic E-state index is -1.52. The molecule has 0 fully saturated rings. The van der Waals surface area contributed by atoms with Gasteiger partial charge in [0.1, 0.15) is 8.07 Å². The third kappa shape index (κ3) is 3.28. The fourth-order valence-electron chi connectivity index (χ4n) is 1.89. The number of carbonyl (C=O) groups excluding carboxylic acids is 2. The quantitative estimate of drug-likeness (QED) is 0.565. The number of amides is 2. The van der Waals surface area contributed by atoms with Crippen LogP contribution in [0.15, 0.2) is 12.1 Å². The maximum atomic E-state index is 12.0. The van der Waals surface area contributed by atoms with Crippen LogP contribution in [0, 0.1) is 18.4 Å². The number of hydrogen-bond donors (Lipinski definition) is 2. The van der Waals surface area contributed by atoms with Gasteiger partial charge in [-0.3, -0.25) is 9.59 Å². The fourth-order valence-corrected chi connectivity index (χ4v) is 2.40. The van der Waals surface area contributed by atoms with Gasteiger partial charge in [-0.2, -0.15) is 0 Å². The van der Waals surface area contributed by atoms with Gasteiger partial charge in [0.25, 0.3) is 5.91 Å². The SMILES string of the molecule is Cc1cc(C#C[Si](C)(C)C)c2c(c1)C(=O)NCC(=O)N2. The highest BCUT2D eigenvalue weighted by Crippen LogP contribution is 2.24. The summed E-state index contributed by atoms with van der Waals surface area (Å²) in [6.45, 7) is 8.37. The lowest BCUT2D eigenvalue weighted by molar-refractivity contribution is -0.115. The van der Waals surface area contributed by atoms with E-state index in [1.54, 1.807) is 6.07 Å². The minimum Gasteiger partial charge on any atom is -0.343 e. The van der Waals surface area contributed by atoms with Crippen molar-refractivity contribution in [2.24, 2.45) is 0 Å². The average molecular weight is 286 g/mol. The van der Waals surface area contributed by atoms with Crippen LogP contribution in [0.3, 0.4) is 0 Å². The van der Waals surface area contributed by atoms with E-state index in [4.69, 9.17) is 0 Å². The summed E-state index contributed by atoms with van der Waals surface area (Å²) in [6.07, 6.45) is 0. The molecule has 0 spiro atoms. The first kappa shape index (κ1) is 14.3. The van der Waals surface area contributed by atoms with E-state index in [-0.39, 0.29) is 18.4 Å². The van der Waals surface area contributed by atoms with Crippen molar-refractivity contribution in [3.8, 4) is 11.5 Å². The number of anilines is 1. The molecule has 5 heteroatoms. The predicted octanol–water partition coefficient (Wildman–Crippen LogP) is 1.91. The molecule has 0 aliphatic carbocycles. The molecule has 0 saturated carbocycles. The monoisotopic (exact) mass is 286 g/mol. The average Bonchev–Trinajstić information content (AvgIpc) is 2.47. The van der Waals surface area contributed by atoms with E-state index < -0.39 is 8.07 Å². The molecule has 1 aliphatic rings. The first-order valence-electron chi connectivity index (χ1n) is 6.52. The molecule has 0 unspecified atom stereocenters. The van der Waals surface area contributed by atoms with Crippen molar-refractivity contribution in [1.82, 2.24) is 5.32 Å². The third-order valence-electron chi connectivity index (χ3n) is 2.77. The lowest BCUT2D eigenvalue weighted by atomic mass is 10.0. The Hall–Kier alpha value is -2.06. The highest BCUT2D eigenvalue weighted by atomic mass is 28.3. The largest absolute Gasteiger partial charge is 0.343 e. The van der Waals surface area contributed by atoms with Crippen LogP contribution in [-0.4, -0.2) is 26.4 Å². The Kier molecular flexibility index (Phi) is 3.69. The summed E-state index contributed by atoms with van der Waals surface area (Å²) in [7, 11) is -1.52. The summed E-state index contributed by atoms with van der Waals surface area (Å²) in [4.78, 5) is 23.7. The normalized spacial score (nSPS) is 14.4. The molecule has 2 N–H and O–H groups in total. The fraction of sp³-hybridized carbons (Fsp3) is 0.333. The highest BCUT2D eigenvalue weighted by Gasteiger charge is 2.21. The zero-order valence-corrected chi connectivity index (χ0v) is 13.2. The summed E-state index contributed by atoms with van der Waals surface area (Å²) in [6, 6.07) is 3.68. The smallest absolute Gasteiger partial charge is 0.253 e. The van der Waals surface area contributed by atoms with E-state index in [0.717, 1.165) is 5.56 Å². The maximum Gasteiger partial charge on any atom is 0.253 e. The maximum absolute atomic E-state index is 12.0. The van der Waals surface area contributed by atoms with Gasteiger partial charge in [0.2, 0.25) is 5.91 Å². The van der Waals surface area contributed by atoms with Gasteiger partial charge in [0, 0.05) is 5.56 Å². The van der Waals surface area contributed by atoms with Gasteiger partial charge < -0.3 is 10.6 Å². The minimum absolute atomic E-state index is 0.00650. The third-order valence-corrected chi connectivity index (χ3v) is 3.65. The number of fused-ring (bicyclic) bond motifs is 1. The van der Waals surface area contributed by atoms with Crippen LogP contribution in [0.25, 0.3) is 0 Å². The van der Waals surface area contributed by atoms with Gasteiger partial charge in [-0.1, -0.05) is 25.6 Å². The van der Waals surface area contributed by atoms with Crippen molar-refractivity contribution < 1.29 is 9.59 Å². The molecule has 2 amide bonds. The Bertz CT molecular complexity index is 648.